The number of carbonyl (C=O) groups excluding carboxylic acids is 1. The van der Waals surface area contributed by atoms with Crippen LogP contribution in [0.2, 0.25) is 0 Å². The van der Waals surface area contributed by atoms with Crippen LogP contribution in [0.25, 0.3) is 0 Å². The van der Waals surface area contributed by atoms with Crippen molar-refractivity contribution < 1.29 is 4.79 Å². The Bertz CT molecular complexity index is 652. The van der Waals surface area contributed by atoms with E-state index in [0.29, 0.717) is 12.1 Å². The van der Waals surface area contributed by atoms with E-state index in [1.54, 1.807) is 17.1 Å². The van der Waals surface area contributed by atoms with E-state index in [9.17, 15) is 4.79 Å². The standard InChI is InChI=1S/C14H15BrN4O/c1-18-8-11(6-17-18)14(20)19-4-2-3-12-10(9-19)5-16-7-13(12)15/h5-8H,2-4,9H2,1H3. The number of aromatic nitrogens is 3. The van der Waals surface area contributed by atoms with Crippen LogP contribution >= 0.6 is 15.9 Å². The molecule has 2 aromatic rings. The summed E-state index contributed by atoms with van der Waals surface area (Å²) in [6.07, 6.45) is 8.98. The van der Waals surface area contributed by atoms with Gasteiger partial charge in [0.25, 0.3) is 5.91 Å². The molecule has 2 aromatic heterocycles. The summed E-state index contributed by atoms with van der Waals surface area (Å²) in [6.45, 7) is 1.37. The van der Waals surface area contributed by atoms with Crippen LogP contribution in [0.15, 0.2) is 29.3 Å². The first kappa shape index (κ1) is 13.3. The van der Waals surface area contributed by atoms with Crippen molar-refractivity contribution in [1.82, 2.24) is 19.7 Å². The van der Waals surface area contributed by atoms with Crippen molar-refractivity contribution in [3.8, 4) is 0 Å². The van der Waals surface area contributed by atoms with Crippen LogP contribution < -0.4 is 0 Å². The molecule has 0 saturated heterocycles. The largest absolute Gasteiger partial charge is 0.334 e. The number of rotatable bonds is 1. The molecule has 104 valence electrons. The molecule has 0 N–H and O–H groups in total. The van der Waals surface area contributed by atoms with E-state index in [0.717, 1.165) is 29.4 Å². The zero-order valence-corrected chi connectivity index (χ0v) is 12.8. The van der Waals surface area contributed by atoms with Gasteiger partial charge in [0.05, 0.1) is 11.8 Å². The molecule has 0 radical (unpaired) electrons. The average Bonchev–Trinajstić information content (AvgIpc) is 2.74. The van der Waals surface area contributed by atoms with Crippen LogP contribution in [-0.2, 0) is 20.0 Å². The van der Waals surface area contributed by atoms with Gasteiger partial charge in [0.15, 0.2) is 0 Å². The van der Waals surface area contributed by atoms with E-state index in [2.05, 4.69) is 26.0 Å². The summed E-state index contributed by atoms with van der Waals surface area (Å²) >= 11 is 3.54. The zero-order valence-electron chi connectivity index (χ0n) is 11.2. The molecule has 1 aliphatic rings. The predicted octanol–water partition coefficient (Wildman–Crippen LogP) is 2.17. The molecule has 0 saturated carbocycles. The van der Waals surface area contributed by atoms with E-state index < -0.39 is 0 Å². The Morgan fingerprint density at radius 2 is 2.20 bits per heavy atom. The second-order valence-corrected chi connectivity index (χ2v) is 5.85. The Hall–Kier alpha value is -1.69. The van der Waals surface area contributed by atoms with Crippen LogP contribution in [0, 0.1) is 0 Å². The Kier molecular flexibility index (Phi) is 3.56. The van der Waals surface area contributed by atoms with E-state index in [-0.39, 0.29) is 5.91 Å². The van der Waals surface area contributed by atoms with Gasteiger partial charge in [0.2, 0.25) is 0 Å². The third-order valence-electron chi connectivity index (χ3n) is 3.55. The zero-order chi connectivity index (χ0) is 14.1. The molecule has 3 heterocycles. The molecule has 0 spiro atoms. The van der Waals surface area contributed by atoms with Gasteiger partial charge >= 0.3 is 0 Å². The Morgan fingerprint density at radius 3 is 2.95 bits per heavy atom. The van der Waals surface area contributed by atoms with E-state index >= 15 is 0 Å². The number of aryl methyl sites for hydroxylation is 1. The highest BCUT2D eigenvalue weighted by Gasteiger charge is 2.22. The molecule has 1 amide bonds. The molecule has 5 nitrogen and oxygen atoms in total. The molecule has 6 heteroatoms. The van der Waals surface area contributed by atoms with E-state index in [1.165, 1.54) is 5.56 Å². The van der Waals surface area contributed by atoms with Crippen LogP contribution in [-0.4, -0.2) is 32.1 Å². The summed E-state index contributed by atoms with van der Waals surface area (Å²) in [7, 11) is 1.82. The molecule has 1 aliphatic heterocycles. The minimum atomic E-state index is 0.0333. The van der Waals surface area contributed by atoms with Gasteiger partial charge in [0, 0.05) is 43.2 Å². The molecule has 3 rings (SSSR count). The summed E-state index contributed by atoms with van der Waals surface area (Å²) in [5, 5.41) is 4.06. The molecule has 0 unspecified atom stereocenters. The van der Waals surface area contributed by atoms with Gasteiger partial charge in [-0.15, -0.1) is 0 Å². The molecule has 0 aromatic carbocycles. The topological polar surface area (TPSA) is 51.0 Å². The first-order valence-corrected chi connectivity index (χ1v) is 7.33. The quantitative estimate of drug-likeness (QED) is 0.803. The van der Waals surface area contributed by atoms with Gasteiger partial charge in [-0.2, -0.15) is 5.10 Å². The minimum Gasteiger partial charge on any atom is -0.334 e. The number of amides is 1. The normalized spacial score (nSPS) is 14.8. The third kappa shape index (κ3) is 2.47. The minimum absolute atomic E-state index is 0.0333. The predicted molar refractivity (Wildman–Crippen MR) is 78.2 cm³/mol. The second-order valence-electron chi connectivity index (χ2n) is 4.99. The first-order valence-electron chi connectivity index (χ1n) is 6.54. The number of hydrogen-bond acceptors (Lipinski definition) is 3. The lowest BCUT2D eigenvalue weighted by atomic mass is 10.1. The van der Waals surface area contributed by atoms with Gasteiger partial charge in [-0.3, -0.25) is 14.5 Å². The monoisotopic (exact) mass is 334 g/mol. The Morgan fingerprint density at radius 1 is 1.35 bits per heavy atom. The fraction of sp³-hybridized carbons (Fsp3) is 0.357. The van der Waals surface area contributed by atoms with Gasteiger partial charge in [-0.05, 0) is 39.9 Å². The van der Waals surface area contributed by atoms with Crippen molar-refractivity contribution in [1.29, 1.82) is 0 Å². The Labute approximate surface area is 125 Å². The van der Waals surface area contributed by atoms with Gasteiger partial charge < -0.3 is 4.90 Å². The number of hydrogen-bond donors (Lipinski definition) is 0. The Balaban J connectivity index is 1.87. The lowest BCUT2D eigenvalue weighted by molar-refractivity contribution is 0.0745. The molecule has 20 heavy (non-hydrogen) atoms. The highest BCUT2D eigenvalue weighted by atomic mass is 79.9. The van der Waals surface area contributed by atoms with Crippen molar-refractivity contribution in [2.75, 3.05) is 6.54 Å². The maximum absolute atomic E-state index is 12.5. The molecular weight excluding hydrogens is 320 g/mol. The fourth-order valence-corrected chi connectivity index (χ4v) is 3.11. The highest BCUT2D eigenvalue weighted by Crippen LogP contribution is 2.25. The number of carbonyl (C=O) groups is 1. The molecule has 0 bridgehead atoms. The van der Waals surface area contributed by atoms with Crippen molar-refractivity contribution in [3.05, 3.63) is 46.0 Å². The first-order chi connectivity index (χ1) is 9.65. The molecule has 0 atom stereocenters. The van der Waals surface area contributed by atoms with Crippen molar-refractivity contribution in [2.24, 2.45) is 7.05 Å². The average molecular weight is 335 g/mol. The van der Waals surface area contributed by atoms with Gasteiger partial charge in [0.1, 0.15) is 0 Å². The second kappa shape index (κ2) is 5.36. The number of fused-ring (bicyclic) bond motifs is 1. The summed E-state index contributed by atoms with van der Waals surface area (Å²) < 4.78 is 2.68. The summed E-state index contributed by atoms with van der Waals surface area (Å²) in [6, 6.07) is 0. The molecule has 0 aliphatic carbocycles. The number of halogens is 1. The van der Waals surface area contributed by atoms with Crippen molar-refractivity contribution in [2.45, 2.75) is 19.4 Å². The smallest absolute Gasteiger partial charge is 0.257 e. The van der Waals surface area contributed by atoms with Crippen LogP contribution in [0.4, 0.5) is 0 Å². The number of pyridine rings is 1. The van der Waals surface area contributed by atoms with Crippen molar-refractivity contribution >= 4 is 21.8 Å². The summed E-state index contributed by atoms with van der Waals surface area (Å²) in [4.78, 5) is 18.6. The van der Waals surface area contributed by atoms with Gasteiger partial charge in [-0.25, -0.2) is 0 Å². The SMILES string of the molecule is Cn1cc(C(=O)N2CCCc3c(Br)cncc3C2)cn1. The molecular formula is C14H15BrN4O. The van der Waals surface area contributed by atoms with E-state index in [1.807, 2.05) is 24.3 Å². The number of nitrogens with zero attached hydrogens (tertiary/aromatic N) is 4. The third-order valence-corrected chi connectivity index (χ3v) is 4.23. The fourth-order valence-electron chi connectivity index (χ4n) is 2.54. The summed E-state index contributed by atoms with van der Waals surface area (Å²) in [5.41, 5.74) is 3.02. The van der Waals surface area contributed by atoms with Crippen LogP contribution in [0.3, 0.4) is 0 Å². The highest BCUT2D eigenvalue weighted by molar-refractivity contribution is 9.10. The van der Waals surface area contributed by atoms with Crippen molar-refractivity contribution in [3.63, 3.8) is 0 Å². The summed E-state index contributed by atoms with van der Waals surface area (Å²) in [5.74, 6) is 0.0333. The van der Waals surface area contributed by atoms with E-state index in [4.69, 9.17) is 0 Å². The molecule has 0 fully saturated rings. The van der Waals surface area contributed by atoms with Crippen LogP contribution in [0.1, 0.15) is 27.9 Å². The maximum atomic E-state index is 12.5. The van der Waals surface area contributed by atoms with Gasteiger partial charge in [-0.1, -0.05) is 0 Å². The van der Waals surface area contributed by atoms with Crippen LogP contribution in [0.5, 0.6) is 0 Å². The maximum Gasteiger partial charge on any atom is 0.257 e. The lowest BCUT2D eigenvalue weighted by Gasteiger charge is -2.20. The lowest BCUT2D eigenvalue weighted by Crippen LogP contribution is -2.30.